The van der Waals surface area contributed by atoms with Crippen molar-refractivity contribution in [2.75, 3.05) is 18.9 Å². The molecule has 0 spiro atoms. The molecule has 0 radical (unpaired) electrons. The van der Waals surface area contributed by atoms with Crippen LogP contribution in [0.3, 0.4) is 0 Å². The number of para-hydroxylation sites is 2. The van der Waals surface area contributed by atoms with Crippen LogP contribution in [0.15, 0.2) is 47.5 Å². The summed E-state index contributed by atoms with van der Waals surface area (Å²) < 4.78 is 5.61. The summed E-state index contributed by atoms with van der Waals surface area (Å²) in [6.07, 6.45) is 0.914. The number of thioether (sulfide) groups is 1. The summed E-state index contributed by atoms with van der Waals surface area (Å²) in [7, 11) is 0. The number of amides is 1. The van der Waals surface area contributed by atoms with E-state index < -0.39 is 0 Å². The second-order valence-electron chi connectivity index (χ2n) is 6.28. The highest BCUT2D eigenvalue weighted by atomic mass is 32.2. The summed E-state index contributed by atoms with van der Waals surface area (Å²) in [6.45, 7) is 4.55. The predicted octanol–water partition coefficient (Wildman–Crippen LogP) is 4.21. The van der Waals surface area contributed by atoms with Crippen LogP contribution in [0.4, 0.5) is 5.69 Å². The second-order valence-corrected chi connectivity index (χ2v) is 7.34. The van der Waals surface area contributed by atoms with Gasteiger partial charge in [-0.3, -0.25) is 9.69 Å². The third-order valence-corrected chi connectivity index (χ3v) is 5.36. The van der Waals surface area contributed by atoms with Crippen molar-refractivity contribution in [3.05, 3.63) is 59.2 Å². The van der Waals surface area contributed by atoms with Crippen LogP contribution in [0.5, 0.6) is 5.75 Å². The van der Waals surface area contributed by atoms with Gasteiger partial charge >= 0.3 is 0 Å². The largest absolute Gasteiger partial charge is 0.482 e. The fourth-order valence-electron chi connectivity index (χ4n) is 2.86. The van der Waals surface area contributed by atoms with Crippen molar-refractivity contribution >= 4 is 28.5 Å². The van der Waals surface area contributed by atoms with Gasteiger partial charge < -0.3 is 4.74 Å². The summed E-state index contributed by atoms with van der Waals surface area (Å²) >= 11 is 1.59. The minimum absolute atomic E-state index is 0.120. The molecule has 1 saturated heterocycles. The van der Waals surface area contributed by atoms with Crippen molar-refractivity contribution in [3.8, 4) is 11.8 Å². The molecule has 138 valence electrons. The summed E-state index contributed by atoms with van der Waals surface area (Å²) in [5.74, 6) is 1.21. The molecule has 3 rings (SSSR count). The minimum atomic E-state index is -0.153. The molecule has 1 heterocycles. The molecule has 5 nitrogen and oxygen atoms in total. The first-order valence-corrected chi connectivity index (χ1v) is 9.78. The predicted molar refractivity (Wildman–Crippen MR) is 108 cm³/mol. The van der Waals surface area contributed by atoms with Gasteiger partial charge in [0, 0.05) is 12.3 Å². The van der Waals surface area contributed by atoms with Crippen LogP contribution >= 0.6 is 11.8 Å². The van der Waals surface area contributed by atoms with Crippen LogP contribution in [-0.4, -0.2) is 34.9 Å². The number of aryl methyl sites for hydroxylation is 2. The molecule has 1 amide bonds. The summed E-state index contributed by atoms with van der Waals surface area (Å²) in [4.78, 5) is 19.2. The number of aliphatic imine (C=N–C) groups is 1. The summed E-state index contributed by atoms with van der Waals surface area (Å²) in [6, 6.07) is 15.0. The maximum Gasteiger partial charge on any atom is 0.266 e. The molecule has 0 aromatic heterocycles. The number of hydrogen-bond donors (Lipinski definition) is 0. The van der Waals surface area contributed by atoms with Crippen LogP contribution < -0.4 is 4.74 Å². The Morgan fingerprint density at radius 3 is 2.70 bits per heavy atom. The number of hydrogen-bond acceptors (Lipinski definition) is 5. The first-order chi connectivity index (χ1) is 13.1. The molecule has 1 aliphatic rings. The standard InChI is InChI=1S/C21H21N3O2S/c1-15-7-5-8-16(2)20(15)23-21-24(11-6-12-27-21)19(25)14-26-18-10-4-3-9-17(18)13-22/h3-5,7-10H,6,11-12,14H2,1-2H3. The van der Waals surface area contributed by atoms with Crippen LogP contribution in [-0.2, 0) is 4.79 Å². The van der Waals surface area contributed by atoms with Crippen molar-refractivity contribution in [1.29, 1.82) is 5.26 Å². The van der Waals surface area contributed by atoms with Crippen molar-refractivity contribution in [2.24, 2.45) is 4.99 Å². The van der Waals surface area contributed by atoms with Gasteiger partial charge in [0.05, 0.1) is 11.3 Å². The highest BCUT2D eigenvalue weighted by Crippen LogP contribution is 2.28. The van der Waals surface area contributed by atoms with Gasteiger partial charge in [-0.2, -0.15) is 5.26 Å². The first kappa shape index (κ1) is 19.0. The third-order valence-electron chi connectivity index (χ3n) is 4.29. The number of benzene rings is 2. The Morgan fingerprint density at radius 2 is 1.96 bits per heavy atom. The lowest BCUT2D eigenvalue weighted by atomic mass is 10.1. The van der Waals surface area contributed by atoms with E-state index in [4.69, 9.17) is 15.0 Å². The van der Waals surface area contributed by atoms with Gasteiger partial charge in [-0.15, -0.1) is 0 Å². The Balaban J connectivity index is 1.78. The zero-order valence-electron chi connectivity index (χ0n) is 15.4. The van der Waals surface area contributed by atoms with Gasteiger partial charge in [0.1, 0.15) is 11.8 Å². The van der Waals surface area contributed by atoms with Crippen molar-refractivity contribution in [2.45, 2.75) is 20.3 Å². The topological polar surface area (TPSA) is 65.7 Å². The first-order valence-electron chi connectivity index (χ1n) is 8.80. The highest BCUT2D eigenvalue weighted by Gasteiger charge is 2.24. The van der Waals surface area contributed by atoms with E-state index in [1.54, 1.807) is 40.9 Å². The van der Waals surface area contributed by atoms with E-state index in [1.165, 1.54) is 0 Å². The van der Waals surface area contributed by atoms with E-state index in [1.807, 2.05) is 32.0 Å². The van der Waals surface area contributed by atoms with E-state index >= 15 is 0 Å². The normalized spacial score (nSPS) is 15.4. The highest BCUT2D eigenvalue weighted by molar-refractivity contribution is 8.13. The summed E-state index contributed by atoms with van der Waals surface area (Å²) in [5, 5.41) is 9.85. The molecule has 2 aromatic carbocycles. The maximum absolute atomic E-state index is 12.8. The van der Waals surface area contributed by atoms with Crippen LogP contribution in [0, 0.1) is 25.2 Å². The number of nitrogens with zero attached hydrogens (tertiary/aromatic N) is 3. The average Bonchev–Trinajstić information content (AvgIpc) is 2.69. The second kappa shape index (κ2) is 8.74. The Kier molecular flexibility index (Phi) is 6.15. The molecular formula is C21H21N3O2S. The number of amidine groups is 1. The molecule has 0 unspecified atom stereocenters. The van der Waals surface area contributed by atoms with Gasteiger partial charge in [-0.05, 0) is 43.5 Å². The fourth-order valence-corrected chi connectivity index (χ4v) is 3.82. The zero-order valence-corrected chi connectivity index (χ0v) is 16.3. The molecule has 0 atom stereocenters. The Bertz CT molecular complexity index is 898. The average molecular weight is 379 g/mol. The number of carbonyl (C=O) groups is 1. The van der Waals surface area contributed by atoms with Crippen LogP contribution in [0.1, 0.15) is 23.1 Å². The Morgan fingerprint density at radius 1 is 1.22 bits per heavy atom. The Labute approximate surface area is 163 Å². The molecule has 1 fully saturated rings. The lowest BCUT2D eigenvalue weighted by Crippen LogP contribution is -2.41. The SMILES string of the molecule is Cc1cccc(C)c1N=C1SCCCN1C(=O)COc1ccccc1C#N. The quantitative estimate of drug-likeness (QED) is 0.798. The van der Waals surface area contributed by atoms with Crippen molar-refractivity contribution < 1.29 is 9.53 Å². The molecule has 0 aliphatic carbocycles. The number of nitriles is 1. The van der Waals surface area contributed by atoms with Gasteiger partial charge in [0.25, 0.3) is 5.91 Å². The molecule has 27 heavy (non-hydrogen) atoms. The van der Waals surface area contributed by atoms with Gasteiger partial charge in [-0.1, -0.05) is 42.1 Å². The van der Waals surface area contributed by atoms with E-state index in [0.29, 0.717) is 23.0 Å². The lowest BCUT2D eigenvalue weighted by molar-refractivity contribution is -0.129. The number of carbonyl (C=O) groups excluding carboxylic acids is 1. The van der Waals surface area contributed by atoms with E-state index in [9.17, 15) is 4.79 Å². The van der Waals surface area contributed by atoms with E-state index in [2.05, 4.69) is 6.07 Å². The lowest BCUT2D eigenvalue weighted by Gasteiger charge is -2.28. The molecule has 2 aromatic rings. The summed E-state index contributed by atoms with van der Waals surface area (Å²) in [5.41, 5.74) is 3.50. The maximum atomic E-state index is 12.8. The minimum Gasteiger partial charge on any atom is -0.482 e. The molecule has 0 N–H and O–H groups in total. The van der Waals surface area contributed by atoms with Crippen molar-refractivity contribution in [3.63, 3.8) is 0 Å². The zero-order chi connectivity index (χ0) is 19.2. The molecule has 6 heteroatoms. The Hall–Kier alpha value is -2.78. The monoisotopic (exact) mass is 379 g/mol. The third kappa shape index (κ3) is 4.50. The van der Waals surface area contributed by atoms with E-state index in [0.717, 1.165) is 29.0 Å². The van der Waals surface area contributed by atoms with Gasteiger partial charge in [-0.25, -0.2) is 4.99 Å². The number of rotatable bonds is 4. The smallest absolute Gasteiger partial charge is 0.266 e. The van der Waals surface area contributed by atoms with Crippen LogP contribution in [0.25, 0.3) is 0 Å². The molecule has 1 aliphatic heterocycles. The van der Waals surface area contributed by atoms with Gasteiger partial charge in [0.2, 0.25) is 0 Å². The molecule has 0 saturated carbocycles. The van der Waals surface area contributed by atoms with Crippen LogP contribution in [0.2, 0.25) is 0 Å². The molecular weight excluding hydrogens is 358 g/mol. The van der Waals surface area contributed by atoms with Gasteiger partial charge in [0.15, 0.2) is 11.8 Å². The fraction of sp³-hybridized carbons (Fsp3) is 0.286. The van der Waals surface area contributed by atoms with Crippen molar-refractivity contribution in [1.82, 2.24) is 4.90 Å². The number of ether oxygens (including phenoxy) is 1. The molecule has 0 bridgehead atoms. The van der Waals surface area contributed by atoms with E-state index in [-0.39, 0.29) is 12.5 Å².